The van der Waals surface area contributed by atoms with Gasteiger partial charge in [-0.05, 0) is 84.9 Å². The average molecular weight is 270 g/mol. The summed E-state index contributed by atoms with van der Waals surface area (Å²) >= 11 is 0. The zero-order valence-corrected chi connectivity index (χ0v) is 11.7. The molecule has 2 nitrogen and oxygen atoms in total. The quantitative estimate of drug-likeness (QED) is 0.587. The van der Waals surface area contributed by atoms with Crippen LogP contribution in [0.25, 0.3) is 0 Å². The molecule has 5 fully saturated rings. The van der Waals surface area contributed by atoms with Gasteiger partial charge in [0.2, 0.25) is 0 Å². The fourth-order valence-corrected chi connectivity index (χ4v) is 8.53. The van der Waals surface area contributed by atoms with Crippen molar-refractivity contribution >= 4 is 5.97 Å². The molecule has 6 aliphatic carbocycles. The number of fused-ring (bicyclic) bond motifs is 16. The summed E-state index contributed by atoms with van der Waals surface area (Å²) in [5.41, 5.74) is 0. The summed E-state index contributed by atoms with van der Waals surface area (Å²) in [7, 11) is 0. The summed E-state index contributed by atoms with van der Waals surface area (Å²) in [4.78, 5) is 11.5. The van der Waals surface area contributed by atoms with Crippen LogP contribution in [0.1, 0.15) is 25.7 Å². The average Bonchev–Trinajstić information content (AvgIpc) is 3.20. The van der Waals surface area contributed by atoms with Crippen LogP contribution in [-0.4, -0.2) is 11.1 Å². The smallest absolute Gasteiger partial charge is 0.306 e. The van der Waals surface area contributed by atoms with Gasteiger partial charge in [-0.25, -0.2) is 0 Å². The van der Waals surface area contributed by atoms with E-state index in [0.29, 0.717) is 5.92 Å². The van der Waals surface area contributed by atoms with Crippen molar-refractivity contribution in [2.75, 3.05) is 0 Å². The topological polar surface area (TPSA) is 37.3 Å². The monoisotopic (exact) mass is 270 g/mol. The number of allylic oxidation sites excluding steroid dienone is 2. The number of aliphatic carboxylic acids is 1. The maximum Gasteiger partial charge on any atom is 0.306 e. The van der Waals surface area contributed by atoms with Crippen LogP contribution in [0.2, 0.25) is 0 Å². The van der Waals surface area contributed by atoms with Gasteiger partial charge in [-0.15, -0.1) is 0 Å². The second-order valence-electron chi connectivity index (χ2n) is 8.66. The fourth-order valence-electron chi connectivity index (χ4n) is 8.53. The molecule has 20 heavy (non-hydrogen) atoms. The molecule has 11 unspecified atom stereocenters. The van der Waals surface area contributed by atoms with Gasteiger partial charge >= 0.3 is 5.97 Å². The van der Waals surface area contributed by atoms with Crippen molar-refractivity contribution in [2.24, 2.45) is 65.1 Å². The minimum atomic E-state index is -0.497. The highest BCUT2D eigenvalue weighted by Gasteiger charge is 2.71. The lowest BCUT2D eigenvalue weighted by Gasteiger charge is -2.45. The van der Waals surface area contributed by atoms with Crippen LogP contribution in [0, 0.1) is 65.1 Å². The summed E-state index contributed by atoms with van der Waals surface area (Å²) in [6.45, 7) is 0. The van der Waals surface area contributed by atoms with Crippen molar-refractivity contribution in [3.8, 4) is 0 Å². The molecule has 0 radical (unpaired) electrons. The van der Waals surface area contributed by atoms with Gasteiger partial charge in [0.1, 0.15) is 0 Å². The zero-order valence-electron chi connectivity index (χ0n) is 11.7. The van der Waals surface area contributed by atoms with E-state index in [-0.39, 0.29) is 5.92 Å². The van der Waals surface area contributed by atoms with Gasteiger partial charge in [-0.2, -0.15) is 0 Å². The van der Waals surface area contributed by atoms with Crippen LogP contribution in [-0.2, 0) is 4.79 Å². The highest BCUT2D eigenvalue weighted by Crippen LogP contribution is 2.76. The van der Waals surface area contributed by atoms with E-state index in [1.165, 1.54) is 19.3 Å². The fraction of sp³-hybridized carbons (Fsp3) is 0.833. The number of carboxylic acid groups (broad SMARTS) is 1. The maximum absolute atomic E-state index is 11.5. The molecular weight excluding hydrogens is 248 g/mol. The molecule has 0 aromatic carbocycles. The second kappa shape index (κ2) is 3.18. The lowest BCUT2D eigenvalue weighted by Crippen LogP contribution is -2.43. The molecule has 6 bridgehead atoms. The number of carbonyl (C=O) groups is 1. The van der Waals surface area contributed by atoms with Crippen molar-refractivity contribution in [3.63, 3.8) is 0 Å². The third-order valence-electron chi connectivity index (χ3n) is 8.55. The normalized spacial score (nSPS) is 66.9. The van der Waals surface area contributed by atoms with Crippen molar-refractivity contribution in [2.45, 2.75) is 25.7 Å². The Kier molecular flexibility index (Phi) is 1.73. The van der Waals surface area contributed by atoms with Gasteiger partial charge in [0.25, 0.3) is 0 Å². The van der Waals surface area contributed by atoms with E-state index < -0.39 is 5.97 Å². The minimum Gasteiger partial charge on any atom is -0.481 e. The molecule has 11 atom stereocenters. The third kappa shape index (κ3) is 0.972. The van der Waals surface area contributed by atoms with Crippen molar-refractivity contribution in [3.05, 3.63) is 12.2 Å². The van der Waals surface area contributed by atoms with Crippen molar-refractivity contribution in [1.29, 1.82) is 0 Å². The zero-order chi connectivity index (χ0) is 13.2. The van der Waals surface area contributed by atoms with Gasteiger partial charge in [-0.3, -0.25) is 4.79 Å². The Labute approximate surface area is 119 Å². The molecule has 1 N–H and O–H groups in total. The lowest BCUT2D eigenvalue weighted by molar-refractivity contribution is -0.145. The first kappa shape index (κ1) is 10.9. The molecule has 6 aliphatic rings. The highest BCUT2D eigenvalue weighted by molar-refractivity contribution is 5.71. The van der Waals surface area contributed by atoms with Crippen LogP contribution in [0.4, 0.5) is 0 Å². The van der Waals surface area contributed by atoms with Crippen LogP contribution in [0.3, 0.4) is 0 Å². The van der Waals surface area contributed by atoms with E-state index in [9.17, 15) is 9.90 Å². The minimum absolute atomic E-state index is 0.00758. The molecule has 0 aromatic rings. The maximum atomic E-state index is 11.5. The molecule has 106 valence electrons. The highest BCUT2D eigenvalue weighted by atomic mass is 16.4. The summed E-state index contributed by atoms with van der Waals surface area (Å²) in [5, 5.41) is 9.51. The Morgan fingerprint density at radius 2 is 1.50 bits per heavy atom. The van der Waals surface area contributed by atoms with Gasteiger partial charge < -0.3 is 5.11 Å². The Hall–Kier alpha value is -0.790. The predicted molar refractivity (Wildman–Crippen MR) is 73.6 cm³/mol. The van der Waals surface area contributed by atoms with E-state index in [2.05, 4.69) is 12.2 Å². The summed E-state index contributed by atoms with van der Waals surface area (Å²) < 4.78 is 0. The van der Waals surface area contributed by atoms with E-state index in [4.69, 9.17) is 0 Å². The molecule has 2 heteroatoms. The van der Waals surface area contributed by atoms with Crippen LogP contribution in [0.15, 0.2) is 12.2 Å². The Bertz CT molecular complexity index is 538. The molecule has 0 aliphatic heterocycles. The molecule has 0 heterocycles. The summed E-state index contributed by atoms with van der Waals surface area (Å²) in [6.07, 6.45) is 10.2. The lowest BCUT2D eigenvalue weighted by atomic mass is 9.59. The first-order chi connectivity index (χ1) is 9.74. The molecule has 0 saturated heterocycles. The number of rotatable bonds is 1. The van der Waals surface area contributed by atoms with E-state index in [1.807, 2.05) is 0 Å². The van der Waals surface area contributed by atoms with Crippen molar-refractivity contribution < 1.29 is 9.90 Å². The Morgan fingerprint density at radius 1 is 0.800 bits per heavy atom. The molecule has 0 spiro atoms. The summed E-state index contributed by atoms with van der Waals surface area (Å²) in [5.74, 6) is 8.13. The van der Waals surface area contributed by atoms with Gasteiger partial charge in [-0.1, -0.05) is 12.2 Å². The van der Waals surface area contributed by atoms with Gasteiger partial charge in [0.15, 0.2) is 0 Å². The summed E-state index contributed by atoms with van der Waals surface area (Å²) in [6, 6.07) is 0. The predicted octanol–water partition coefficient (Wildman–Crippen LogP) is 3.05. The molecule has 5 saturated carbocycles. The van der Waals surface area contributed by atoms with Crippen LogP contribution in [0.5, 0.6) is 0 Å². The van der Waals surface area contributed by atoms with E-state index in [1.54, 1.807) is 0 Å². The third-order valence-corrected chi connectivity index (χ3v) is 8.55. The SMILES string of the molecule is O=C(O)C1CC2CC1C1C3CC(C4C5C=CC(C5)C34)C21. The van der Waals surface area contributed by atoms with Crippen molar-refractivity contribution in [1.82, 2.24) is 0 Å². The second-order valence-corrected chi connectivity index (χ2v) is 8.66. The molecule has 0 amide bonds. The molecule has 0 aromatic heterocycles. The largest absolute Gasteiger partial charge is 0.481 e. The Balaban J connectivity index is 1.41. The molecule has 6 rings (SSSR count). The standard InChI is InChI=1S/C18H22O2/c19-18(20)11-5-9-4-10(11)17-13-6-12(16(9)17)14-7-1-2-8(3-7)15(13)14/h1-2,7-17H,3-6H2,(H,19,20). The van der Waals surface area contributed by atoms with Gasteiger partial charge in [0, 0.05) is 0 Å². The number of hydrogen-bond donors (Lipinski definition) is 1. The molecular formula is C18H22O2. The van der Waals surface area contributed by atoms with E-state index >= 15 is 0 Å². The van der Waals surface area contributed by atoms with E-state index in [0.717, 1.165) is 59.7 Å². The Morgan fingerprint density at radius 3 is 2.20 bits per heavy atom. The number of carboxylic acids is 1. The first-order valence-electron chi connectivity index (χ1n) is 8.65. The van der Waals surface area contributed by atoms with Gasteiger partial charge in [0.05, 0.1) is 5.92 Å². The van der Waals surface area contributed by atoms with Crippen LogP contribution < -0.4 is 0 Å². The first-order valence-corrected chi connectivity index (χ1v) is 8.65. The number of hydrogen-bond acceptors (Lipinski definition) is 1. The van der Waals surface area contributed by atoms with Crippen LogP contribution >= 0.6 is 0 Å².